The number of ether oxygens (including phenoxy) is 2. The molecule has 0 saturated carbocycles. The number of rotatable bonds is 4. The molecule has 3 heterocycles. The molecule has 3 rings (SSSR count). The molecule has 2 N–H and O–H groups in total. The van der Waals surface area contributed by atoms with Crippen molar-refractivity contribution in [2.75, 3.05) is 7.11 Å². The second kappa shape index (κ2) is 8.51. The summed E-state index contributed by atoms with van der Waals surface area (Å²) >= 11 is 0. The summed E-state index contributed by atoms with van der Waals surface area (Å²) in [7, 11) is 1.32. The fraction of sp³-hybridized carbons (Fsp3) is 0.750. The number of aryl methyl sites for hydroxylation is 1. The fourth-order valence-corrected chi connectivity index (χ4v) is 4.68. The van der Waals surface area contributed by atoms with E-state index in [1.54, 1.807) is 6.20 Å². The van der Waals surface area contributed by atoms with E-state index < -0.39 is 12.1 Å². The van der Waals surface area contributed by atoms with Gasteiger partial charge in [0.2, 0.25) is 5.91 Å². The Morgan fingerprint density at radius 2 is 1.96 bits per heavy atom. The van der Waals surface area contributed by atoms with E-state index in [0.717, 1.165) is 37.2 Å². The maximum absolute atomic E-state index is 13.7. The van der Waals surface area contributed by atoms with Crippen molar-refractivity contribution in [2.24, 2.45) is 5.92 Å². The molecular weight excluding hydrogens is 360 g/mol. The molecule has 5 atom stereocenters. The molecule has 0 aliphatic carbocycles. The highest BCUT2D eigenvalue weighted by Crippen LogP contribution is 2.37. The molecule has 156 valence electrons. The Morgan fingerprint density at radius 3 is 2.54 bits per heavy atom. The first-order valence-electron chi connectivity index (χ1n) is 10.1. The molecule has 28 heavy (non-hydrogen) atoms. The second-order valence-corrected chi connectivity index (χ2v) is 8.24. The minimum atomic E-state index is -0.639. The van der Waals surface area contributed by atoms with E-state index in [0.29, 0.717) is 0 Å². The predicted molar refractivity (Wildman–Crippen MR) is 104 cm³/mol. The summed E-state index contributed by atoms with van der Waals surface area (Å²) in [6, 6.07) is -0.660. The maximum Gasteiger partial charge on any atom is 0.407 e. The van der Waals surface area contributed by atoms with Gasteiger partial charge in [0, 0.05) is 17.9 Å². The van der Waals surface area contributed by atoms with Crippen LogP contribution in [0, 0.1) is 12.8 Å². The van der Waals surface area contributed by atoms with E-state index in [-0.39, 0.29) is 36.1 Å². The van der Waals surface area contributed by atoms with E-state index in [9.17, 15) is 9.59 Å². The maximum atomic E-state index is 13.7. The number of nitrogens with one attached hydrogen (secondary N) is 2. The number of amides is 2. The minimum Gasteiger partial charge on any atom is -0.453 e. The van der Waals surface area contributed by atoms with Crippen LogP contribution in [0.2, 0.25) is 0 Å². The molecular formula is C20H32N4O4. The van der Waals surface area contributed by atoms with Crippen LogP contribution >= 0.6 is 0 Å². The van der Waals surface area contributed by atoms with Gasteiger partial charge in [-0.3, -0.25) is 4.79 Å². The molecule has 0 unspecified atom stereocenters. The first-order valence-corrected chi connectivity index (χ1v) is 10.1. The highest BCUT2D eigenvalue weighted by Gasteiger charge is 2.44. The van der Waals surface area contributed by atoms with Crippen molar-refractivity contribution in [2.45, 2.75) is 83.7 Å². The molecule has 2 amide bonds. The Balaban J connectivity index is 1.87. The van der Waals surface area contributed by atoms with E-state index in [4.69, 9.17) is 9.47 Å². The number of imidazole rings is 1. The average molecular weight is 393 g/mol. The number of nitrogens with zero attached hydrogens (tertiary/aromatic N) is 2. The highest BCUT2D eigenvalue weighted by molar-refractivity contribution is 5.86. The predicted octanol–water partition coefficient (Wildman–Crippen LogP) is 2.70. The first kappa shape index (κ1) is 20.6. The van der Waals surface area contributed by atoms with E-state index in [1.807, 2.05) is 25.7 Å². The van der Waals surface area contributed by atoms with Gasteiger partial charge in [-0.1, -0.05) is 0 Å². The summed E-state index contributed by atoms with van der Waals surface area (Å²) in [5.41, 5.74) is 0.971. The van der Waals surface area contributed by atoms with Gasteiger partial charge in [-0.05, 0) is 59.3 Å². The summed E-state index contributed by atoms with van der Waals surface area (Å²) in [5, 5.41) is 2.81. The number of hydrogen-bond donors (Lipinski definition) is 2. The number of aromatic nitrogens is 2. The number of likely N-dealkylation sites (tertiary alicyclic amines) is 1. The van der Waals surface area contributed by atoms with E-state index in [1.165, 1.54) is 7.11 Å². The van der Waals surface area contributed by atoms with Gasteiger partial charge in [-0.25, -0.2) is 9.78 Å². The normalized spacial score (nSPS) is 31.5. The number of alkyl carbamates (subject to hydrolysis) is 1. The summed E-state index contributed by atoms with van der Waals surface area (Å²) in [6.45, 7) is 8.02. The van der Waals surface area contributed by atoms with Gasteiger partial charge < -0.3 is 24.7 Å². The molecule has 2 fully saturated rings. The van der Waals surface area contributed by atoms with Crippen LogP contribution in [0.15, 0.2) is 6.20 Å². The van der Waals surface area contributed by atoms with Crippen molar-refractivity contribution in [3.63, 3.8) is 0 Å². The molecule has 2 saturated heterocycles. The third kappa shape index (κ3) is 4.32. The van der Waals surface area contributed by atoms with Gasteiger partial charge >= 0.3 is 6.09 Å². The van der Waals surface area contributed by atoms with Crippen LogP contribution in [0.4, 0.5) is 4.79 Å². The molecule has 8 heteroatoms. The van der Waals surface area contributed by atoms with Crippen LogP contribution in [0.25, 0.3) is 0 Å². The lowest BCUT2D eigenvalue weighted by Crippen LogP contribution is -2.55. The number of carbonyl (C=O) groups is 2. The molecule has 0 spiro atoms. The summed E-state index contributed by atoms with van der Waals surface area (Å²) in [4.78, 5) is 35.3. The van der Waals surface area contributed by atoms with Gasteiger partial charge in [0.25, 0.3) is 0 Å². The van der Waals surface area contributed by atoms with Crippen molar-refractivity contribution in [1.29, 1.82) is 0 Å². The van der Waals surface area contributed by atoms with Gasteiger partial charge in [0.1, 0.15) is 11.9 Å². The Morgan fingerprint density at radius 1 is 1.29 bits per heavy atom. The van der Waals surface area contributed by atoms with Crippen molar-refractivity contribution in [1.82, 2.24) is 20.2 Å². The number of hydrogen-bond acceptors (Lipinski definition) is 5. The topological polar surface area (TPSA) is 96.5 Å². The second-order valence-electron chi connectivity index (χ2n) is 8.24. The fourth-order valence-electron chi connectivity index (χ4n) is 4.68. The van der Waals surface area contributed by atoms with Crippen LogP contribution in [-0.4, -0.2) is 58.3 Å². The smallest absolute Gasteiger partial charge is 0.407 e. The van der Waals surface area contributed by atoms with Crippen LogP contribution in [-0.2, 0) is 14.3 Å². The largest absolute Gasteiger partial charge is 0.453 e. The lowest BCUT2D eigenvalue weighted by molar-refractivity contribution is -0.140. The summed E-state index contributed by atoms with van der Waals surface area (Å²) in [6.07, 6.45) is 4.49. The van der Waals surface area contributed by atoms with Gasteiger partial charge in [0.05, 0.1) is 25.4 Å². The highest BCUT2D eigenvalue weighted by atomic mass is 16.5. The number of methoxy groups -OCH3 is 1. The summed E-state index contributed by atoms with van der Waals surface area (Å²) < 4.78 is 10.6. The first-order chi connectivity index (χ1) is 13.3. The minimum absolute atomic E-state index is 0.00265. The van der Waals surface area contributed by atoms with Crippen molar-refractivity contribution in [3.8, 4) is 0 Å². The van der Waals surface area contributed by atoms with Crippen LogP contribution < -0.4 is 5.32 Å². The molecule has 1 aromatic heterocycles. The molecule has 1 aromatic rings. The molecule has 0 bridgehead atoms. The van der Waals surface area contributed by atoms with Crippen LogP contribution in [0.5, 0.6) is 0 Å². The van der Waals surface area contributed by atoms with Gasteiger partial charge in [-0.15, -0.1) is 0 Å². The molecule has 2 aliphatic heterocycles. The van der Waals surface area contributed by atoms with Crippen molar-refractivity contribution < 1.29 is 19.1 Å². The average Bonchev–Trinajstić information content (AvgIpc) is 3.23. The standard InChI is InChI=1S/C20H32N4O4/c1-11-10-21-18(22-11)16-7-6-12(2)24(16)19(25)17(23-20(26)27-5)15-8-13(3)28-14(4)9-15/h10,12-17H,6-9H2,1-5H3,(H,21,22)(H,23,26)/t12-,13+,14+,16-,17-/m0/s1. The van der Waals surface area contributed by atoms with Crippen molar-refractivity contribution in [3.05, 3.63) is 17.7 Å². The molecule has 2 aliphatic rings. The quantitative estimate of drug-likeness (QED) is 0.821. The number of aromatic amines is 1. The summed E-state index contributed by atoms with van der Waals surface area (Å²) in [5.74, 6) is 0.735. The Kier molecular flexibility index (Phi) is 6.27. The molecule has 0 aromatic carbocycles. The molecule has 8 nitrogen and oxygen atoms in total. The Hall–Kier alpha value is -2.09. The zero-order valence-electron chi connectivity index (χ0n) is 17.4. The third-order valence-electron chi connectivity index (χ3n) is 5.89. The van der Waals surface area contributed by atoms with Crippen molar-refractivity contribution >= 4 is 12.0 Å². The third-order valence-corrected chi connectivity index (χ3v) is 5.89. The number of H-pyrrole nitrogens is 1. The lowest BCUT2D eigenvalue weighted by Gasteiger charge is -2.39. The lowest BCUT2D eigenvalue weighted by atomic mass is 9.85. The zero-order chi connectivity index (χ0) is 20.4. The SMILES string of the molecule is COC(=O)N[C@H](C(=O)N1[C@@H](C)CC[C@H]1c1ncc(C)[nH]1)C1C[C@@H](C)O[C@H](C)C1. The van der Waals surface area contributed by atoms with Crippen LogP contribution in [0.1, 0.15) is 64.0 Å². The van der Waals surface area contributed by atoms with Gasteiger partial charge in [0.15, 0.2) is 0 Å². The van der Waals surface area contributed by atoms with Gasteiger partial charge in [-0.2, -0.15) is 0 Å². The van der Waals surface area contributed by atoms with E-state index in [2.05, 4.69) is 22.2 Å². The van der Waals surface area contributed by atoms with Crippen LogP contribution in [0.3, 0.4) is 0 Å². The number of carbonyl (C=O) groups excluding carboxylic acids is 2. The van der Waals surface area contributed by atoms with E-state index >= 15 is 0 Å². The Labute approximate surface area is 166 Å². The molecule has 0 radical (unpaired) electrons. The monoisotopic (exact) mass is 392 g/mol. The zero-order valence-corrected chi connectivity index (χ0v) is 17.4. The Bertz CT molecular complexity index is 696.